The average Bonchev–Trinajstić information content (AvgIpc) is 3.25. The van der Waals surface area contributed by atoms with Gasteiger partial charge in [0.2, 0.25) is 11.8 Å². The molecule has 1 aliphatic heterocycles. The highest BCUT2D eigenvalue weighted by Gasteiger charge is 2.40. The number of rotatable bonds is 5. The van der Waals surface area contributed by atoms with Crippen molar-refractivity contribution >= 4 is 23.2 Å². The normalized spacial score (nSPS) is 27.5. The molecule has 0 aromatic heterocycles. The second-order valence-corrected chi connectivity index (χ2v) is 8.33. The number of hydrogen-bond acceptors (Lipinski definition) is 3. The Balaban J connectivity index is 1.50. The average molecular weight is 355 g/mol. The summed E-state index contributed by atoms with van der Waals surface area (Å²) in [7, 11) is 0. The largest absolute Gasteiger partial charge is 0.370 e. The molecule has 3 unspecified atom stereocenters. The second kappa shape index (κ2) is 7.29. The van der Waals surface area contributed by atoms with Gasteiger partial charge in [0.1, 0.15) is 0 Å². The van der Waals surface area contributed by atoms with Gasteiger partial charge in [0.15, 0.2) is 0 Å². The molecule has 5 nitrogen and oxygen atoms in total. The molecule has 3 N–H and O–H groups in total. The van der Waals surface area contributed by atoms with E-state index in [-0.39, 0.29) is 5.91 Å². The molecule has 2 saturated carbocycles. The number of piperidine rings is 1. The summed E-state index contributed by atoms with van der Waals surface area (Å²) in [6.45, 7) is 1.98. The molecule has 26 heavy (non-hydrogen) atoms. The minimum atomic E-state index is -0.459. The van der Waals surface area contributed by atoms with Crippen molar-refractivity contribution < 1.29 is 9.59 Å². The van der Waals surface area contributed by atoms with Crippen LogP contribution in [0.4, 0.5) is 11.4 Å². The molecule has 4 rings (SSSR count). The van der Waals surface area contributed by atoms with Crippen LogP contribution in [0.15, 0.2) is 18.2 Å². The van der Waals surface area contributed by atoms with E-state index in [0.29, 0.717) is 17.9 Å². The summed E-state index contributed by atoms with van der Waals surface area (Å²) in [5, 5.41) is 3.10. The number of hydrogen-bond donors (Lipinski definition) is 2. The molecule has 3 fully saturated rings. The van der Waals surface area contributed by atoms with Gasteiger partial charge in [0.25, 0.3) is 0 Å². The Labute approximate surface area is 155 Å². The molecule has 0 spiro atoms. The zero-order valence-corrected chi connectivity index (χ0v) is 15.4. The van der Waals surface area contributed by atoms with E-state index in [4.69, 9.17) is 5.73 Å². The second-order valence-electron chi connectivity index (χ2n) is 8.33. The Kier molecular flexibility index (Phi) is 4.88. The van der Waals surface area contributed by atoms with Gasteiger partial charge < -0.3 is 16.0 Å². The number of carbonyl (C=O) groups excluding carboxylic acids is 2. The number of carbonyl (C=O) groups is 2. The maximum Gasteiger partial charge on any atom is 0.248 e. The number of fused-ring (bicyclic) bond motifs is 2. The first-order valence-corrected chi connectivity index (χ1v) is 10.1. The van der Waals surface area contributed by atoms with Crippen LogP contribution >= 0.6 is 0 Å². The van der Waals surface area contributed by atoms with Gasteiger partial charge in [0.05, 0.1) is 11.4 Å². The van der Waals surface area contributed by atoms with E-state index in [9.17, 15) is 9.59 Å². The van der Waals surface area contributed by atoms with Crippen LogP contribution in [0.5, 0.6) is 0 Å². The maximum atomic E-state index is 12.7. The highest BCUT2D eigenvalue weighted by atomic mass is 16.2. The smallest absolute Gasteiger partial charge is 0.248 e. The predicted octanol–water partition coefficient (Wildman–Crippen LogP) is 3.54. The molecule has 1 aromatic rings. The summed E-state index contributed by atoms with van der Waals surface area (Å²) in [6.07, 6.45) is 9.34. The van der Waals surface area contributed by atoms with E-state index in [0.717, 1.165) is 49.1 Å². The zero-order valence-electron chi connectivity index (χ0n) is 15.4. The minimum Gasteiger partial charge on any atom is -0.370 e. The molecule has 140 valence electrons. The quantitative estimate of drug-likeness (QED) is 0.848. The van der Waals surface area contributed by atoms with Crippen LogP contribution in [0.3, 0.4) is 0 Å². The van der Waals surface area contributed by atoms with Gasteiger partial charge in [-0.15, -0.1) is 0 Å². The number of nitrogens with zero attached hydrogens (tertiary/aromatic N) is 1. The summed E-state index contributed by atoms with van der Waals surface area (Å²) >= 11 is 0. The van der Waals surface area contributed by atoms with Crippen LogP contribution in [0.1, 0.15) is 61.7 Å². The highest BCUT2D eigenvalue weighted by Crippen LogP contribution is 2.49. The van der Waals surface area contributed by atoms with Gasteiger partial charge in [-0.25, -0.2) is 0 Å². The number of nitrogens with two attached hydrogens (primary N) is 1. The molecule has 1 heterocycles. The van der Waals surface area contributed by atoms with Crippen LogP contribution in [0.25, 0.3) is 0 Å². The highest BCUT2D eigenvalue weighted by molar-refractivity contribution is 5.99. The lowest BCUT2D eigenvalue weighted by Gasteiger charge is -2.31. The van der Waals surface area contributed by atoms with Gasteiger partial charge in [-0.05, 0) is 74.5 Å². The number of anilines is 2. The Morgan fingerprint density at radius 3 is 2.58 bits per heavy atom. The number of primary amides is 1. The zero-order chi connectivity index (χ0) is 18.1. The van der Waals surface area contributed by atoms with Gasteiger partial charge >= 0.3 is 0 Å². The van der Waals surface area contributed by atoms with Gasteiger partial charge in [-0.2, -0.15) is 0 Å². The monoisotopic (exact) mass is 355 g/mol. The van der Waals surface area contributed by atoms with Crippen LogP contribution in [0, 0.1) is 17.8 Å². The molecule has 0 radical (unpaired) electrons. The first-order valence-electron chi connectivity index (χ1n) is 10.1. The summed E-state index contributed by atoms with van der Waals surface area (Å²) in [4.78, 5) is 26.6. The molecule has 2 bridgehead atoms. The van der Waals surface area contributed by atoms with E-state index in [1.54, 1.807) is 12.1 Å². The van der Waals surface area contributed by atoms with Crippen molar-refractivity contribution in [2.24, 2.45) is 23.5 Å². The summed E-state index contributed by atoms with van der Waals surface area (Å²) in [6, 6.07) is 5.43. The molecule has 3 atom stereocenters. The summed E-state index contributed by atoms with van der Waals surface area (Å²) < 4.78 is 0. The number of benzene rings is 1. The fraction of sp³-hybridized carbons (Fsp3) is 0.619. The Hall–Kier alpha value is -2.04. The van der Waals surface area contributed by atoms with Crippen molar-refractivity contribution in [3.8, 4) is 0 Å². The van der Waals surface area contributed by atoms with Crippen LogP contribution in [0.2, 0.25) is 0 Å². The van der Waals surface area contributed by atoms with E-state index >= 15 is 0 Å². The maximum absolute atomic E-state index is 12.7. The van der Waals surface area contributed by atoms with Gasteiger partial charge in [0, 0.05) is 25.1 Å². The number of amides is 2. The third kappa shape index (κ3) is 3.57. The van der Waals surface area contributed by atoms with Crippen LogP contribution in [-0.2, 0) is 4.79 Å². The molecular formula is C21H29N3O2. The third-order valence-corrected chi connectivity index (χ3v) is 6.58. The lowest BCUT2D eigenvalue weighted by atomic mass is 9.86. The lowest BCUT2D eigenvalue weighted by molar-refractivity contribution is -0.117. The first-order chi connectivity index (χ1) is 12.6. The van der Waals surface area contributed by atoms with E-state index in [1.807, 2.05) is 6.07 Å². The minimum absolute atomic E-state index is 0.0717. The van der Waals surface area contributed by atoms with Crippen LogP contribution in [-0.4, -0.2) is 24.9 Å². The molecule has 2 aliphatic carbocycles. The topological polar surface area (TPSA) is 75.4 Å². The first kappa shape index (κ1) is 17.4. The third-order valence-electron chi connectivity index (χ3n) is 6.58. The molecule has 1 saturated heterocycles. The van der Waals surface area contributed by atoms with Gasteiger partial charge in [-0.3, -0.25) is 9.59 Å². The van der Waals surface area contributed by atoms with E-state index < -0.39 is 5.91 Å². The lowest BCUT2D eigenvalue weighted by Crippen LogP contribution is -2.31. The van der Waals surface area contributed by atoms with E-state index in [2.05, 4.69) is 10.2 Å². The molecule has 1 aromatic carbocycles. The molecule has 5 heteroatoms. The summed E-state index contributed by atoms with van der Waals surface area (Å²) in [5.74, 6) is 1.73. The summed E-state index contributed by atoms with van der Waals surface area (Å²) in [5.41, 5.74) is 7.64. The van der Waals surface area contributed by atoms with E-state index in [1.165, 1.54) is 32.1 Å². The standard InChI is InChI=1S/C21H29N3O2/c22-21(26)16-6-7-19(24-8-2-1-3-9-24)18(12-16)23-20(25)13-17-11-14-4-5-15(17)10-14/h6-7,12,14-15,17H,1-5,8-11,13H2,(H2,22,26)(H,23,25). The molecule has 3 aliphatic rings. The van der Waals surface area contributed by atoms with Crippen molar-refractivity contribution in [1.29, 1.82) is 0 Å². The van der Waals surface area contributed by atoms with Gasteiger partial charge in [-0.1, -0.05) is 6.42 Å². The SMILES string of the molecule is NC(=O)c1ccc(N2CCCCC2)c(NC(=O)CC2CC3CCC2C3)c1. The fourth-order valence-corrected chi connectivity index (χ4v) is 5.27. The molecular weight excluding hydrogens is 326 g/mol. The Bertz CT molecular complexity index is 696. The molecule has 2 amide bonds. The van der Waals surface area contributed by atoms with Crippen molar-refractivity contribution in [2.45, 2.75) is 51.4 Å². The van der Waals surface area contributed by atoms with Crippen molar-refractivity contribution in [3.05, 3.63) is 23.8 Å². The Morgan fingerprint density at radius 2 is 1.92 bits per heavy atom. The van der Waals surface area contributed by atoms with Crippen molar-refractivity contribution in [2.75, 3.05) is 23.3 Å². The van der Waals surface area contributed by atoms with Crippen molar-refractivity contribution in [3.63, 3.8) is 0 Å². The predicted molar refractivity (Wildman–Crippen MR) is 103 cm³/mol. The van der Waals surface area contributed by atoms with Crippen LogP contribution < -0.4 is 16.0 Å². The fourth-order valence-electron chi connectivity index (χ4n) is 5.27. The number of nitrogens with one attached hydrogen (secondary N) is 1. The van der Waals surface area contributed by atoms with Crippen molar-refractivity contribution in [1.82, 2.24) is 0 Å². The Morgan fingerprint density at radius 1 is 1.12 bits per heavy atom.